The average Bonchev–Trinajstić information content (AvgIpc) is 3.44. The monoisotopic (exact) mass is 573 g/mol. The third-order valence-electron chi connectivity index (χ3n) is 7.80. The molecule has 1 fully saturated rings. The number of likely N-dealkylation sites (tertiary alicyclic amines) is 1. The zero-order valence-electron chi connectivity index (χ0n) is 24.4. The van der Waals surface area contributed by atoms with Crippen LogP contribution in [0.25, 0.3) is 16.9 Å². The van der Waals surface area contributed by atoms with Gasteiger partial charge in [-0.25, -0.2) is 14.4 Å². The molecule has 4 aromatic rings. The van der Waals surface area contributed by atoms with E-state index in [2.05, 4.69) is 20.6 Å². The number of carbonyl (C=O) groups is 2. The van der Waals surface area contributed by atoms with Crippen molar-refractivity contribution in [1.82, 2.24) is 29.5 Å². The van der Waals surface area contributed by atoms with Crippen LogP contribution >= 0.6 is 0 Å². The number of nitrogens with one attached hydrogen (secondary N) is 2. The quantitative estimate of drug-likeness (QED) is 0.310. The topological polar surface area (TPSA) is 104 Å². The van der Waals surface area contributed by atoms with E-state index in [4.69, 9.17) is 4.74 Å². The van der Waals surface area contributed by atoms with E-state index in [1.54, 1.807) is 35.6 Å². The minimum Gasteiger partial charge on any atom is -0.494 e. The van der Waals surface area contributed by atoms with Crippen molar-refractivity contribution in [2.45, 2.75) is 19.8 Å². The Balaban J connectivity index is 1.27. The third-order valence-corrected chi connectivity index (χ3v) is 7.80. The summed E-state index contributed by atoms with van der Waals surface area (Å²) in [5, 5.41) is 6.38. The number of nitrogens with zero attached hydrogens (tertiary/aromatic N) is 5. The SMILES string of the molecule is CNCCN(C)C(=O)C1CCN(C(=O)c2ccc(Nc3nccn4c(-c5ccc(OC)c(F)c5)cnc34)cc2C)CC1. The molecule has 2 amide bonds. The summed E-state index contributed by atoms with van der Waals surface area (Å²) < 4.78 is 21.2. The summed E-state index contributed by atoms with van der Waals surface area (Å²) in [6, 6.07) is 10.4. The molecule has 42 heavy (non-hydrogen) atoms. The molecule has 0 bridgehead atoms. The molecule has 2 N–H and O–H groups in total. The molecule has 2 aromatic carbocycles. The maximum Gasteiger partial charge on any atom is 0.254 e. The number of amides is 2. The van der Waals surface area contributed by atoms with Crippen molar-refractivity contribution in [1.29, 1.82) is 0 Å². The lowest BCUT2D eigenvalue weighted by Crippen LogP contribution is -2.44. The van der Waals surface area contributed by atoms with Crippen LogP contribution in [0.4, 0.5) is 15.9 Å². The van der Waals surface area contributed by atoms with E-state index in [0.29, 0.717) is 60.8 Å². The van der Waals surface area contributed by atoms with Crippen LogP contribution in [0.1, 0.15) is 28.8 Å². The first-order valence-corrected chi connectivity index (χ1v) is 14.0. The van der Waals surface area contributed by atoms with Gasteiger partial charge >= 0.3 is 0 Å². The minimum absolute atomic E-state index is 0.0293. The van der Waals surface area contributed by atoms with Gasteiger partial charge in [0, 0.05) is 68.4 Å². The molecule has 1 aliphatic heterocycles. The van der Waals surface area contributed by atoms with Crippen LogP contribution in [-0.2, 0) is 4.79 Å². The van der Waals surface area contributed by atoms with Gasteiger partial charge in [-0.05, 0) is 68.8 Å². The first-order valence-electron chi connectivity index (χ1n) is 14.0. The normalized spacial score (nSPS) is 13.8. The summed E-state index contributed by atoms with van der Waals surface area (Å²) in [6.45, 7) is 4.44. The number of hydrogen-bond acceptors (Lipinski definition) is 7. The number of fused-ring (bicyclic) bond motifs is 1. The fourth-order valence-electron chi connectivity index (χ4n) is 5.37. The second-order valence-corrected chi connectivity index (χ2v) is 10.5. The van der Waals surface area contributed by atoms with E-state index in [9.17, 15) is 14.0 Å². The van der Waals surface area contributed by atoms with Crippen LogP contribution in [0.5, 0.6) is 5.75 Å². The van der Waals surface area contributed by atoms with Crippen LogP contribution in [0.15, 0.2) is 55.0 Å². The lowest BCUT2D eigenvalue weighted by molar-refractivity contribution is -0.135. The standard InChI is InChI=1S/C31H36FN7O3/c1-20-17-23(6-7-24(20)31(41)38-13-9-21(10-14-38)30(40)37(3)15-11-33-2)36-28-29-35-19-26(39(29)16-12-34-28)22-5-8-27(42-4)25(32)18-22/h5-8,12,16-19,21,33H,9-11,13-15H2,1-4H3,(H,34,36). The Hall–Kier alpha value is -4.51. The van der Waals surface area contributed by atoms with Crippen molar-refractivity contribution >= 4 is 29.0 Å². The molecule has 0 spiro atoms. The van der Waals surface area contributed by atoms with Crippen LogP contribution < -0.4 is 15.4 Å². The molecule has 3 heterocycles. The van der Waals surface area contributed by atoms with E-state index in [-0.39, 0.29) is 23.5 Å². The van der Waals surface area contributed by atoms with Crippen LogP contribution in [0, 0.1) is 18.7 Å². The van der Waals surface area contributed by atoms with E-state index in [1.807, 2.05) is 48.5 Å². The van der Waals surface area contributed by atoms with Crippen LogP contribution in [0.2, 0.25) is 0 Å². The first-order chi connectivity index (χ1) is 20.3. The fraction of sp³-hybridized carbons (Fsp3) is 0.355. The number of hydrogen-bond donors (Lipinski definition) is 2. The Morgan fingerprint density at radius 2 is 1.93 bits per heavy atom. The maximum atomic E-state index is 14.3. The van der Waals surface area contributed by atoms with Gasteiger partial charge in [-0.2, -0.15) is 0 Å². The smallest absolute Gasteiger partial charge is 0.254 e. The van der Waals surface area contributed by atoms with Crippen LogP contribution in [0.3, 0.4) is 0 Å². The molecule has 5 rings (SSSR count). The molecule has 0 radical (unpaired) electrons. The average molecular weight is 574 g/mol. The second kappa shape index (κ2) is 12.6. The van der Waals surface area contributed by atoms with Gasteiger partial charge in [-0.15, -0.1) is 0 Å². The summed E-state index contributed by atoms with van der Waals surface area (Å²) in [6.07, 6.45) is 6.43. The highest BCUT2D eigenvalue weighted by atomic mass is 19.1. The number of anilines is 2. The van der Waals surface area contributed by atoms with Crippen molar-refractivity contribution < 1.29 is 18.7 Å². The van der Waals surface area contributed by atoms with Gasteiger partial charge in [0.15, 0.2) is 23.0 Å². The number of halogens is 1. The second-order valence-electron chi connectivity index (χ2n) is 10.5. The van der Waals surface area contributed by atoms with E-state index in [0.717, 1.165) is 17.8 Å². The number of rotatable bonds is 9. The lowest BCUT2D eigenvalue weighted by Gasteiger charge is -2.33. The molecule has 0 atom stereocenters. The minimum atomic E-state index is -0.451. The van der Waals surface area contributed by atoms with Gasteiger partial charge in [0.2, 0.25) is 5.91 Å². The zero-order valence-corrected chi connectivity index (χ0v) is 24.4. The van der Waals surface area contributed by atoms with E-state index >= 15 is 0 Å². The number of piperidine rings is 1. The van der Waals surface area contributed by atoms with Gasteiger partial charge in [0.25, 0.3) is 5.91 Å². The number of imidazole rings is 1. The number of aromatic nitrogens is 3. The largest absolute Gasteiger partial charge is 0.494 e. The number of aryl methyl sites for hydroxylation is 1. The van der Waals surface area contributed by atoms with Crippen molar-refractivity contribution in [3.8, 4) is 17.0 Å². The molecule has 1 aliphatic rings. The summed E-state index contributed by atoms with van der Waals surface area (Å²) in [5.41, 5.74) is 4.18. The van der Waals surface area contributed by atoms with Crippen LogP contribution in [-0.4, -0.2) is 83.4 Å². The third kappa shape index (κ3) is 5.91. The molecule has 0 unspecified atom stereocenters. The Bertz CT molecular complexity index is 1600. The Kier molecular flexibility index (Phi) is 8.67. The van der Waals surface area contributed by atoms with Crippen molar-refractivity contribution in [3.63, 3.8) is 0 Å². The summed E-state index contributed by atoms with van der Waals surface area (Å²) in [5.74, 6) is 0.324. The number of ether oxygens (including phenoxy) is 1. The zero-order chi connectivity index (χ0) is 29.8. The van der Waals surface area contributed by atoms with Crippen molar-refractivity contribution in [3.05, 3.63) is 71.9 Å². The number of benzene rings is 2. The summed E-state index contributed by atoms with van der Waals surface area (Å²) >= 11 is 0. The number of methoxy groups -OCH3 is 1. The molecule has 10 nitrogen and oxygen atoms in total. The molecular formula is C31H36FN7O3. The molecule has 1 saturated heterocycles. The van der Waals surface area contributed by atoms with Gasteiger partial charge < -0.3 is 25.2 Å². The molecule has 11 heteroatoms. The van der Waals surface area contributed by atoms with E-state index in [1.165, 1.54) is 13.2 Å². The molecule has 0 saturated carbocycles. The first kappa shape index (κ1) is 29.0. The Morgan fingerprint density at radius 3 is 2.62 bits per heavy atom. The molecule has 0 aliphatic carbocycles. The Labute approximate surface area is 244 Å². The summed E-state index contributed by atoms with van der Waals surface area (Å²) in [4.78, 5) is 38.7. The highest BCUT2D eigenvalue weighted by Crippen LogP contribution is 2.29. The maximum absolute atomic E-state index is 14.3. The van der Waals surface area contributed by atoms with Crippen molar-refractivity contribution in [2.24, 2.45) is 5.92 Å². The van der Waals surface area contributed by atoms with Gasteiger partial charge in [-0.3, -0.25) is 14.0 Å². The Morgan fingerprint density at radius 1 is 1.14 bits per heavy atom. The fourth-order valence-corrected chi connectivity index (χ4v) is 5.37. The van der Waals surface area contributed by atoms with Gasteiger partial charge in [0.05, 0.1) is 19.0 Å². The van der Waals surface area contributed by atoms with Gasteiger partial charge in [0.1, 0.15) is 0 Å². The van der Waals surface area contributed by atoms with E-state index < -0.39 is 5.82 Å². The predicted octanol–water partition coefficient (Wildman–Crippen LogP) is 4.13. The lowest BCUT2D eigenvalue weighted by atomic mass is 9.94. The highest BCUT2D eigenvalue weighted by molar-refractivity contribution is 5.96. The molecule has 2 aromatic heterocycles. The predicted molar refractivity (Wildman–Crippen MR) is 160 cm³/mol. The molecular weight excluding hydrogens is 537 g/mol. The molecule has 220 valence electrons. The van der Waals surface area contributed by atoms with Crippen molar-refractivity contribution in [2.75, 3.05) is 52.7 Å². The summed E-state index contributed by atoms with van der Waals surface area (Å²) in [7, 11) is 5.13. The number of likely N-dealkylation sites (N-methyl/N-ethyl adjacent to an activating group) is 2. The number of carbonyl (C=O) groups excluding carboxylic acids is 2. The highest BCUT2D eigenvalue weighted by Gasteiger charge is 2.30. The van der Waals surface area contributed by atoms with Gasteiger partial charge in [-0.1, -0.05) is 0 Å².